The summed E-state index contributed by atoms with van der Waals surface area (Å²) in [7, 11) is 0. The van der Waals surface area contributed by atoms with Gasteiger partial charge in [-0.25, -0.2) is 0 Å². The van der Waals surface area contributed by atoms with Crippen LogP contribution in [0.15, 0.2) is 42.5 Å². The summed E-state index contributed by atoms with van der Waals surface area (Å²) >= 11 is 5.86. The fourth-order valence-corrected chi connectivity index (χ4v) is 2.41. The third-order valence-corrected chi connectivity index (χ3v) is 3.57. The van der Waals surface area contributed by atoms with Crippen molar-refractivity contribution in [1.29, 1.82) is 0 Å². The van der Waals surface area contributed by atoms with Gasteiger partial charge in [0.15, 0.2) is 0 Å². The number of carbonyl (C=O) groups excluding carboxylic acids is 1. The highest BCUT2D eigenvalue weighted by Crippen LogP contribution is 2.33. The average molecular weight is 288 g/mol. The Hall–Kier alpha value is -2.00. The first-order valence-electron chi connectivity index (χ1n) is 6.46. The SMILES string of the molecule is Cc1ccc2c(c1)N(C(=O)c1ccc(Cl)cc1)CCO2. The standard InChI is InChI=1S/C16H14ClNO2/c1-11-2-7-15-14(10-11)18(8-9-20-15)16(19)12-3-5-13(17)6-4-12/h2-7,10H,8-9H2,1H3. The molecule has 0 bridgehead atoms. The molecule has 0 N–H and O–H groups in total. The number of rotatable bonds is 1. The third kappa shape index (κ3) is 2.37. The Morgan fingerprint density at radius 1 is 1.20 bits per heavy atom. The number of anilines is 1. The van der Waals surface area contributed by atoms with Gasteiger partial charge < -0.3 is 9.64 Å². The number of fused-ring (bicyclic) bond motifs is 1. The largest absolute Gasteiger partial charge is 0.490 e. The topological polar surface area (TPSA) is 29.5 Å². The molecule has 0 spiro atoms. The third-order valence-electron chi connectivity index (χ3n) is 3.31. The van der Waals surface area contributed by atoms with E-state index in [9.17, 15) is 4.79 Å². The number of hydrogen-bond donors (Lipinski definition) is 0. The Kier molecular flexibility index (Phi) is 3.36. The van der Waals surface area contributed by atoms with Crippen LogP contribution in [0.2, 0.25) is 5.02 Å². The maximum atomic E-state index is 12.6. The average Bonchev–Trinajstić information content (AvgIpc) is 2.46. The van der Waals surface area contributed by atoms with Gasteiger partial charge in [-0.15, -0.1) is 0 Å². The second-order valence-electron chi connectivity index (χ2n) is 4.78. The monoisotopic (exact) mass is 287 g/mol. The second kappa shape index (κ2) is 5.17. The first-order chi connectivity index (χ1) is 9.65. The van der Waals surface area contributed by atoms with Crippen molar-refractivity contribution in [1.82, 2.24) is 0 Å². The van der Waals surface area contributed by atoms with Crippen LogP contribution >= 0.6 is 11.6 Å². The summed E-state index contributed by atoms with van der Waals surface area (Å²) in [5.41, 5.74) is 2.56. The van der Waals surface area contributed by atoms with E-state index in [0.717, 1.165) is 17.0 Å². The summed E-state index contributed by atoms with van der Waals surface area (Å²) in [4.78, 5) is 14.4. The smallest absolute Gasteiger partial charge is 0.258 e. The highest BCUT2D eigenvalue weighted by molar-refractivity contribution is 6.30. The van der Waals surface area contributed by atoms with E-state index in [1.165, 1.54) is 0 Å². The molecule has 2 aromatic rings. The van der Waals surface area contributed by atoms with Crippen LogP contribution in [-0.4, -0.2) is 19.1 Å². The molecule has 0 atom stereocenters. The molecule has 1 heterocycles. The molecule has 1 amide bonds. The molecular formula is C16H14ClNO2. The maximum absolute atomic E-state index is 12.6. The van der Waals surface area contributed by atoms with Crippen LogP contribution in [0, 0.1) is 6.92 Å². The van der Waals surface area contributed by atoms with Gasteiger partial charge in [-0.2, -0.15) is 0 Å². The van der Waals surface area contributed by atoms with Gasteiger partial charge in [0, 0.05) is 10.6 Å². The maximum Gasteiger partial charge on any atom is 0.258 e. The zero-order valence-electron chi connectivity index (χ0n) is 11.1. The van der Waals surface area contributed by atoms with Crippen LogP contribution in [-0.2, 0) is 0 Å². The predicted molar refractivity (Wildman–Crippen MR) is 79.8 cm³/mol. The fraction of sp³-hybridized carbons (Fsp3) is 0.188. The van der Waals surface area contributed by atoms with Crippen molar-refractivity contribution >= 4 is 23.2 Å². The Morgan fingerprint density at radius 3 is 2.70 bits per heavy atom. The van der Waals surface area contributed by atoms with Crippen LogP contribution in [0.25, 0.3) is 0 Å². The molecule has 0 fully saturated rings. The molecular weight excluding hydrogens is 274 g/mol. The van der Waals surface area contributed by atoms with E-state index in [1.807, 2.05) is 25.1 Å². The number of hydrogen-bond acceptors (Lipinski definition) is 2. The molecule has 20 heavy (non-hydrogen) atoms. The Morgan fingerprint density at radius 2 is 1.95 bits per heavy atom. The number of ether oxygens (including phenoxy) is 1. The van der Waals surface area contributed by atoms with Crippen LogP contribution in [0.3, 0.4) is 0 Å². The lowest BCUT2D eigenvalue weighted by molar-refractivity contribution is 0.0976. The Labute approximate surface area is 122 Å². The molecule has 0 aliphatic carbocycles. The summed E-state index contributed by atoms with van der Waals surface area (Å²) < 4.78 is 5.60. The van der Waals surface area contributed by atoms with Crippen molar-refractivity contribution in [2.45, 2.75) is 6.92 Å². The van der Waals surface area contributed by atoms with Crippen LogP contribution in [0.4, 0.5) is 5.69 Å². The number of amides is 1. The van der Waals surface area contributed by atoms with Crippen LogP contribution in [0.5, 0.6) is 5.75 Å². The molecule has 102 valence electrons. The molecule has 0 saturated heterocycles. The number of nitrogens with zero attached hydrogens (tertiary/aromatic N) is 1. The zero-order chi connectivity index (χ0) is 14.1. The molecule has 3 nitrogen and oxygen atoms in total. The van der Waals surface area contributed by atoms with Gasteiger partial charge in [0.05, 0.1) is 12.2 Å². The number of aryl methyl sites for hydroxylation is 1. The molecule has 1 aliphatic rings. The van der Waals surface area contributed by atoms with Crippen LogP contribution in [0.1, 0.15) is 15.9 Å². The first kappa shape index (κ1) is 13.0. The summed E-state index contributed by atoms with van der Waals surface area (Å²) in [6.45, 7) is 3.06. The van der Waals surface area contributed by atoms with Gasteiger partial charge >= 0.3 is 0 Å². The van der Waals surface area contributed by atoms with Crippen molar-refractivity contribution in [3.8, 4) is 5.75 Å². The lowest BCUT2D eigenvalue weighted by Gasteiger charge is -2.30. The van der Waals surface area contributed by atoms with E-state index < -0.39 is 0 Å². The van der Waals surface area contributed by atoms with E-state index in [2.05, 4.69) is 0 Å². The summed E-state index contributed by atoms with van der Waals surface area (Å²) in [5, 5.41) is 0.625. The summed E-state index contributed by atoms with van der Waals surface area (Å²) in [5.74, 6) is 0.723. The van der Waals surface area contributed by atoms with E-state index in [1.54, 1.807) is 29.2 Å². The Bertz CT molecular complexity index is 652. The van der Waals surface area contributed by atoms with E-state index in [-0.39, 0.29) is 5.91 Å². The molecule has 0 unspecified atom stereocenters. The molecule has 0 aromatic heterocycles. The molecule has 0 radical (unpaired) electrons. The second-order valence-corrected chi connectivity index (χ2v) is 5.22. The lowest BCUT2D eigenvalue weighted by Crippen LogP contribution is -2.38. The quantitative estimate of drug-likeness (QED) is 0.800. The number of benzene rings is 2. The van der Waals surface area contributed by atoms with Crippen molar-refractivity contribution in [3.05, 3.63) is 58.6 Å². The molecule has 4 heteroatoms. The zero-order valence-corrected chi connectivity index (χ0v) is 11.9. The normalized spacial score (nSPS) is 13.6. The van der Waals surface area contributed by atoms with E-state index >= 15 is 0 Å². The van der Waals surface area contributed by atoms with Crippen molar-refractivity contribution in [2.24, 2.45) is 0 Å². The molecule has 0 saturated carbocycles. The first-order valence-corrected chi connectivity index (χ1v) is 6.84. The van der Waals surface area contributed by atoms with Gasteiger partial charge in [0.25, 0.3) is 5.91 Å². The summed E-state index contributed by atoms with van der Waals surface area (Å²) in [6.07, 6.45) is 0. The van der Waals surface area contributed by atoms with E-state index in [4.69, 9.17) is 16.3 Å². The fourth-order valence-electron chi connectivity index (χ4n) is 2.29. The minimum absolute atomic E-state index is 0.0307. The van der Waals surface area contributed by atoms with Gasteiger partial charge in [-0.1, -0.05) is 17.7 Å². The van der Waals surface area contributed by atoms with Gasteiger partial charge in [0.2, 0.25) is 0 Å². The highest BCUT2D eigenvalue weighted by Gasteiger charge is 2.24. The van der Waals surface area contributed by atoms with Crippen LogP contribution < -0.4 is 9.64 Å². The molecule has 1 aliphatic heterocycles. The van der Waals surface area contributed by atoms with Crippen molar-refractivity contribution in [3.63, 3.8) is 0 Å². The lowest BCUT2D eigenvalue weighted by atomic mass is 10.1. The van der Waals surface area contributed by atoms with Gasteiger partial charge in [-0.3, -0.25) is 4.79 Å². The number of carbonyl (C=O) groups is 1. The van der Waals surface area contributed by atoms with Crippen molar-refractivity contribution in [2.75, 3.05) is 18.1 Å². The highest BCUT2D eigenvalue weighted by atomic mass is 35.5. The molecule has 2 aromatic carbocycles. The Balaban J connectivity index is 1.97. The predicted octanol–water partition coefficient (Wildman–Crippen LogP) is 3.69. The minimum Gasteiger partial charge on any atom is -0.490 e. The minimum atomic E-state index is -0.0307. The number of halogens is 1. The van der Waals surface area contributed by atoms with Gasteiger partial charge in [-0.05, 0) is 48.9 Å². The van der Waals surface area contributed by atoms with E-state index in [0.29, 0.717) is 23.7 Å². The van der Waals surface area contributed by atoms with Gasteiger partial charge in [0.1, 0.15) is 12.4 Å². The van der Waals surface area contributed by atoms with Crippen molar-refractivity contribution < 1.29 is 9.53 Å². The molecule has 3 rings (SSSR count). The summed E-state index contributed by atoms with van der Waals surface area (Å²) in [6, 6.07) is 12.8.